The van der Waals surface area contributed by atoms with E-state index in [1.165, 1.54) is 0 Å². The first-order valence-electron chi connectivity index (χ1n) is 12.1. The van der Waals surface area contributed by atoms with Crippen molar-refractivity contribution in [1.82, 2.24) is 24.8 Å². The number of benzene rings is 1. The van der Waals surface area contributed by atoms with Crippen LogP contribution in [0.15, 0.2) is 54.9 Å². The lowest BCUT2D eigenvalue weighted by molar-refractivity contribution is -0.121. The molecule has 3 heterocycles. The molecule has 2 bridgehead atoms. The van der Waals surface area contributed by atoms with Gasteiger partial charge in [-0.25, -0.2) is 9.97 Å². The number of carbonyl (C=O) groups is 2. The quantitative estimate of drug-likeness (QED) is 0.528. The zero-order chi connectivity index (χ0) is 24.5. The minimum atomic E-state index is -0.251. The van der Waals surface area contributed by atoms with Crippen LogP contribution in [-0.2, 0) is 11.3 Å². The maximum atomic E-state index is 13.3. The second-order valence-corrected chi connectivity index (χ2v) is 8.54. The first kappa shape index (κ1) is 24.3. The molecule has 9 nitrogen and oxygen atoms in total. The molecule has 3 aromatic rings. The van der Waals surface area contributed by atoms with Crippen LogP contribution in [0.5, 0.6) is 5.75 Å². The number of pyridine rings is 1. The highest BCUT2D eigenvalue weighted by molar-refractivity contribution is 5.95. The van der Waals surface area contributed by atoms with Gasteiger partial charge in [-0.2, -0.15) is 0 Å². The Hall–Kier alpha value is -3.88. The zero-order valence-electron chi connectivity index (χ0n) is 20.1. The Bertz CT molecular complexity index is 1150. The molecule has 2 N–H and O–H groups in total. The highest BCUT2D eigenvalue weighted by Gasteiger charge is 2.20. The highest BCUT2D eigenvalue weighted by atomic mass is 16.5. The van der Waals surface area contributed by atoms with E-state index >= 15 is 0 Å². The van der Waals surface area contributed by atoms with Gasteiger partial charge in [0.15, 0.2) is 0 Å². The lowest BCUT2D eigenvalue weighted by Crippen LogP contribution is -2.42. The van der Waals surface area contributed by atoms with Crippen molar-refractivity contribution >= 4 is 23.3 Å². The molecule has 0 fully saturated rings. The number of rotatable bonds is 6. The minimum Gasteiger partial charge on any atom is -0.491 e. The Labute approximate surface area is 205 Å². The van der Waals surface area contributed by atoms with Gasteiger partial charge in [0.25, 0.3) is 5.91 Å². The zero-order valence-corrected chi connectivity index (χ0v) is 20.1. The van der Waals surface area contributed by atoms with Crippen LogP contribution >= 0.6 is 0 Å². The van der Waals surface area contributed by atoms with E-state index in [0.717, 1.165) is 49.5 Å². The van der Waals surface area contributed by atoms with Crippen LogP contribution in [0.4, 0.5) is 11.5 Å². The number of imidazole rings is 1. The van der Waals surface area contributed by atoms with Crippen molar-refractivity contribution in [1.29, 1.82) is 0 Å². The van der Waals surface area contributed by atoms with E-state index < -0.39 is 0 Å². The Kier molecular flexibility index (Phi) is 8.32. The van der Waals surface area contributed by atoms with Crippen LogP contribution in [0.1, 0.15) is 42.0 Å². The number of aromatic nitrogens is 3. The molecule has 1 aliphatic rings. The standard InChI is InChI=1S/C26H32N6O3/c1-20-27-14-17-31(20)16-8-13-28-25(33)19-32-15-5-2-6-18-35-23-11-4-3-9-21(23)29-24-12-7-10-22(30-24)26(32)34/h3-4,7,9-12,14,17H,2,5-6,8,13,15-16,18-19H2,1H3,(H,28,33)(H,29,30). The van der Waals surface area contributed by atoms with Crippen LogP contribution in [0.2, 0.25) is 0 Å². The molecule has 35 heavy (non-hydrogen) atoms. The molecule has 0 atom stereocenters. The minimum absolute atomic E-state index is 0.00159. The van der Waals surface area contributed by atoms with Gasteiger partial charge >= 0.3 is 0 Å². The SMILES string of the molecule is Cc1nccn1CCCNC(=O)CN1CCCCCOc2ccccc2Nc2cccc(n2)C1=O. The Balaban J connectivity index is 1.40. The number of para-hydroxylation sites is 2. The summed E-state index contributed by atoms with van der Waals surface area (Å²) in [7, 11) is 0. The van der Waals surface area contributed by atoms with Gasteiger partial charge in [-0.05, 0) is 56.9 Å². The highest BCUT2D eigenvalue weighted by Crippen LogP contribution is 2.27. The Morgan fingerprint density at radius 3 is 2.89 bits per heavy atom. The second-order valence-electron chi connectivity index (χ2n) is 8.54. The van der Waals surface area contributed by atoms with Gasteiger partial charge in [0.05, 0.1) is 18.8 Å². The van der Waals surface area contributed by atoms with Gasteiger partial charge in [0.1, 0.15) is 23.1 Å². The summed E-state index contributed by atoms with van der Waals surface area (Å²) in [6, 6.07) is 13.0. The molecule has 184 valence electrons. The molecule has 1 aromatic carbocycles. The predicted molar refractivity (Wildman–Crippen MR) is 134 cm³/mol. The number of amides is 2. The number of hydrogen-bond donors (Lipinski definition) is 2. The Morgan fingerprint density at radius 1 is 1.14 bits per heavy atom. The van der Waals surface area contributed by atoms with Gasteiger partial charge in [-0.1, -0.05) is 18.2 Å². The summed E-state index contributed by atoms with van der Waals surface area (Å²) >= 11 is 0. The average Bonchev–Trinajstić information content (AvgIpc) is 3.28. The Morgan fingerprint density at radius 2 is 2.03 bits per heavy atom. The van der Waals surface area contributed by atoms with Gasteiger partial charge < -0.3 is 24.8 Å². The summed E-state index contributed by atoms with van der Waals surface area (Å²) in [6.07, 6.45) is 7.01. The van der Waals surface area contributed by atoms with E-state index in [2.05, 4.69) is 20.6 Å². The van der Waals surface area contributed by atoms with E-state index in [0.29, 0.717) is 31.2 Å². The third-order valence-corrected chi connectivity index (χ3v) is 5.89. The summed E-state index contributed by atoms with van der Waals surface area (Å²) in [6.45, 7) is 4.33. The van der Waals surface area contributed by atoms with Crippen LogP contribution in [0.3, 0.4) is 0 Å². The number of fused-ring (bicyclic) bond motifs is 3. The molecule has 4 rings (SSSR count). The molecule has 0 radical (unpaired) electrons. The predicted octanol–water partition coefficient (Wildman–Crippen LogP) is 3.54. The average molecular weight is 477 g/mol. The van der Waals surface area contributed by atoms with Crippen molar-refractivity contribution < 1.29 is 14.3 Å². The third-order valence-electron chi connectivity index (χ3n) is 5.89. The van der Waals surface area contributed by atoms with E-state index in [-0.39, 0.29) is 18.4 Å². The normalized spacial score (nSPS) is 14.3. The summed E-state index contributed by atoms with van der Waals surface area (Å²) in [5.41, 5.74) is 1.10. The number of anilines is 2. The lowest BCUT2D eigenvalue weighted by atomic mass is 10.2. The monoisotopic (exact) mass is 476 g/mol. The molecule has 0 saturated heterocycles. The van der Waals surface area contributed by atoms with Crippen molar-refractivity contribution in [3.05, 3.63) is 66.4 Å². The van der Waals surface area contributed by atoms with Crippen molar-refractivity contribution in [2.24, 2.45) is 0 Å². The van der Waals surface area contributed by atoms with Crippen molar-refractivity contribution in [2.45, 2.75) is 39.2 Å². The molecule has 9 heteroatoms. The molecule has 0 aliphatic carbocycles. The maximum Gasteiger partial charge on any atom is 0.273 e. The maximum absolute atomic E-state index is 13.3. The lowest BCUT2D eigenvalue weighted by Gasteiger charge is -2.23. The van der Waals surface area contributed by atoms with Crippen LogP contribution in [0.25, 0.3) is 0 Å². The summed E-state index contributed by atoms with van der Waals surface area (Å²) in [5, 5.41) is 6.19. The molecular formula is C26H32N6O3. The molecule has 0 saturated carbocycles. The molecule has 2 aromatic heterocycles. The number of carbonyl (C=O) groups excluding carboxylic acids is 2. The van der Waals surface area contributed by atoms with E-state index in [4.69, 9.17) is 4.74 Å². The van der Waals surface area contributed by atoms with Crippen LogP contribution in [-0.4, -0.2) is 57.5 Å². The van der Waals surface area contributed by atoms with Crippen LogP contribution in [0, 0.1) is 6.92 Å². The topological polar surface area (TPSA) is 101 Å². The summed E-state index contributed by atoms with van der Waals surface area (Å²) in [4.78, 5) is 36.3. The smallest absolute Gasteiger partial charge is 0.273 e. The summed E-state index contributed by atoms with van der Waals surface area (Å²) in [5.74, 6) is 1.83. The van der Waals surface area contributed by atoms with Gasteiger partial charge in [0, 0.05) is 32.0 Å². The van der Waals surface area contributed by atoms with Gasteiger partial charge in [-0.15, -0.1) is 0 Å². The number of hydrogen-bond acceptors (Lipinski definition) is 6. The molecular weight excluding hydrogens is 444 g/mol. The summed E-state index contributed by atoms with van der Waals surface area (Å²) < 4.78 is 8.01. The van der Waals surface area contributed by atoms with Gasteiger partial charge in [0.2, 0.25) is 5.91 Å². The first-order valence-corrected chi connectivity index (χ1v) is 12.1. The fraction of sp³-hybridized carbons (Fsp3) is 0.385. The number of ether oxygens (including phenoxy) is 1. The number of aryl methyl sites for hydroxylation is 2. The fourth-order valence-electron chi connectivity index (χ4n) is 3.98. The molecule has 2 amide bonds. The van der Waals surface area contributed by atoms with E-state index in [1.54, 1.807) is 29.3 Å². The van der Waals surface area contributed by atoms with Gasteiger partial charge in [-0.3, -0.25) is 9.59 Å². The van der Waals surface area contributed by atoms with Crippen molar-refractivity contribution in [3.8, 4) is 5.75 Å². The molecule has 0 spiro atoms. The largest absolute Gasteiger partial charge is 0.491 e. The van der Waals surface area contributed by atoms with Crippen LogP contribution < -0.4 is 15.4 Å². The third kappa shape index (κ3) is 6.81. The number of nitrogens with zero attached hydrogens (tertiary/aromatic N) is 4. The first-order chi connectivity index (χ1) is 17.1. The molecule has 0 unspecified atom stereocenters. The number of nitrogens with one attached hydrogen (secondary N) is 2. The fourth-order valence-corrected chi connectivity index (χ4v) is 3.98. The molecule has 1 aliphatic heterocycles. The van der Waals surface area contributed by atoms with E-state index in [9.17, 15) is 9.59 Å². The van der Waals surface area contributed by atoms with Crippen molar-refractivity contribution in [3.63, 3.8) is 0 Å². The second kappa shape index (κ2) is 12.0. The van der Waals surface area contributed by atoms with E-state index in [1.807, 2.05) is 42.0 Å². The van der Waals surface area contributed by atoms with Crippen molar-refractivity contribution in [2.75, 3.05) is 31.6 Å².